The van der Waals surface area contributed by atoms with Gasteiger partial charge in [0.2, 0.25) is 11.8 Å². The summed E-state index contributed by atoms with van der Waals surface area (Å²) in [7, 11) is 0. The Hall–Kier alpha value is -3.32. The third-order valence-corrected chi connectivity index (χ3v) is 5.20. The second kappa shape index (κ2) is 9.45. The number of nitrogens with zero attached hydrogens (tertiary/aromatic N) is 2. The van der Waals surface area contributed by atoms with Gasteiger partial charge in [-0.1, -0.05) is 44.2 Å². The van der Waals surface area contributed by atoms with Gasteiger partial charge in [-0.15, -0.1) is 11.3 Å². The van der Waals surface area contributed by atoms with Crippen LogP contribution in [0, 0.1) is 5.82 Å². The average molecular weight is 424 g/mol. The molecule has 154 valence electrons. The lowest BCUT2D eigenvalue weighted by Gasteiger charge is -2.18. The lowest BCUT2D eigenvalue weighted by molar-refractivity contribution is -0.116. The summed E-state index contributed by atoms with van der Waals surface area (Å²) in [5, 5.41) is 4.92. The van der Waals surface area contributed by atoms with Crippen molar-refractivity contribution >= 4 is 45.7 Å². The Morgan fingerprint density at radius 3 is 2.53 bits per heavy atom. The van der Waals surface area contributed by atoms with Gasteiger partial charge in [0.25, 0.3) is 0 Å². The maximum atomic E-state index is 14.2. The van der Waals surface area contributed by atoms with E-state index in [0.717, 1.165) is 11.3 Å². The fourth-order valence-electron chi connectivity index (χ4n) is 2.95. The van der Waals surface area contributed by atoms with E-state index >= 15 is 0 Å². The van der Waals surface area contributed by atoms with Crippen LogP contribution >= 0.6 is 11.3 Å². The molecule has 0 saturated heterocycles. The van der Waals surface area contributed by atoms with Crippen molar-refractivity contribution in [3.05, 3.63) is 77.1 Å². The average Bonchev–Trinajstić information content (AvgIpc) is 3.16. The van der Waals surface area contributed by atoms with Crippen LogP contribution < -0.4 is 10.2 Å². The monoisotopic (exact) mass is 423 g/mol. The molecule has 5 nitrogen and oxygen atoms in total. The van der Waals surface area contributed by atoms with Gasteiger partial charge in [0.1, 0.15) is 5.82 Å². The maximum absolute atomic E-state index is 14.2. The highest BCUT2D eigenvalue weighted by Crippen LogP contribution is 2.31. The highest BCUT2D eigenvalue weighted by Gasteiger charge is 2.20. The lowest BCUT2D eigenvalue weighted by Crippen LogP contribution is -2.23. The van der Waals surface area contributed by atoms with Gasteiger partial charge in [0.05, 0.1) is 11.4 Å². The van der Waals surface area contributed by atoms with E-state index in [2.05, 4.69) is 24.1 Å². The van der Waals surface area contributed by atoms with E-state index in [0.29, 0.717) is 10.8 Å². The number of aromatic nitrogens is 1. The molecule has 0 saturated carbocycles. The first-order valence-corrected chi connectivity index (χ1v) is 10.3. The molecule has 1 N–H and O–H groups in total. The summed E-state index contributed by atoms with van der Waals surface area (Å²) in [5.74, 6) is -0.867. The van der Waals surface area contributed by atoms with E-state index in [1.165, 1.54) is 41.4 Å². The number of rotatable bonds is 6. The van der Waals surface area contributed by atoms with Crippen LogP contribution in [-0.4, -0.2) is 16.8 Å². The van der Waals surface area contributed by atoms with Crippen LogP contribution in [0.15, 0.2) is 60.0 Å². The van der Waals surface area contributed by atoms with Crippen LogP contribution in [0.2, 0.25) is 0 Å². The van der Waals surface area contributed by atoms with Gasteiger partial charge in [0, 0.05) is 24.1 Å². The Morgan fingerprint density at radius 2 is 1.83 bits per heavy atom. The zero-order chi connectivity index (χ0) is 21.7. The summed E-state index contributed by atoms with van der Waals surface area (Å²) in [6, 6.07) is 13.7. The molecule has 0 atom stereocenters. The van der Waals surface area contributed by atoms with Crippen LogP contribution in [0.4, 0.5) is 20.9 Å². The SMILES string of the molecule is CC(=O)N(c1nc(/C=C/C(=O)Nc2ccccc2C(C)C)cs1)c1ccccc1F. The molecule has 1 heterocycles. The molecule has 0 aliphatic rings. The summed E-state index contributed by atoms with van der Waals surface area (Å²) < 4.78 is 14.2. The number of thiazole rings is 1. The molecule has 30 heavy (non-hydrogen) atoms. The summed E-state index contributed by atoms with van der Waals surface area (Å²) in [6.07, 6.45) is 2.95. The third-order valence-electron chi connectivity index (χ3n) is 4.36. The van der Waals surface area contributed by atoms with E-state index in [1.807, 2.05) is 24.3 Å². The minimum atomic E-state index is -0.511. The van der Waals surface area contributed by atoms with Crippen molar-refractivity contribution in [1.82, 2.24) is 4.98 Å². The maximum Gasteiger partial charge on any atom is 0.248 e. The molecule has 0 fully saturated rings. The topological polar surface area (TPSA) is 62.3 Å². The van der Waals surface area contributed by atoms with Crippen LogP contribution in [-0.2, 0) is 9.59 Å². The number of hydrogen-bond donors (Lipinski definition) is 1. The van der Waals surface area contributed by atoms with Gasteiger partial charge in [-0.05, 0) is 35.8 Å². The molecule has 0 unspecified atom stereocenters. The molecule has 0 aliphatic carbocycles. The predicted octanol–water partition coefficient (Wildman–Crippen LogP) is 5.74. The van der Waals surface area contributed by atoms with E-state index < -0.39 is 5.82 Å². The number of anilines is 3. The highest BCUT2D eigenvalue weighted by atomic mass is 32.1. The summed E-state index contributed by atoms with van der Waals surface area (Å²) in [4.78, 5) is 30.0. The largest absolute Gasteiger partial charge is 0.322 e. The Labute approximate surface area is 178 Å². The number of carbonyl (C=O) groups excluding carboxylic acids is 2. The standard InChI is InChI=1S/C23H22FN3O2S/c1-15(2)18-8-4-6-10-20(18)26-22(29)13-12-17-14-30-23(25-17)27(16(3)28)21-11-7-5-9-19(21)24/h4-15H,1-3H3,(H,26,29)/b13-12+. The van der Waals surface area contributed by atoms with Crippen LogP contribution in [0.1, 0.15) is 37.9 Å². The highest BCUT2D eigenvalue weighted by molar-refractivity contribution is 7.14. The fraction of sp³-hybridized carbons (Fsp3) is 0.174. The molecule has 3 rings (SSSR count). The minimum Gasteiger partial charge on any atom is -0.322 e. The molecule has 1 aromatic heterocycles. The van der Waals surface area contributed by atoms with E-state index in [-0.39, 0.29) is 23.4 Å². The number of para-hydroxylation sites is 2. The second-order valence-corrected chi connectivity index (χ2v) is 7.76. The second-order valence-electron chi connectivity index (χ2n) is 6.93. The van der Waals surface area contributed by atoms with Crippen molar-refractivity contribution in [2.45, 2.75) is 26.7 Å². The Bertz CT molecular complexity index is 1090. The molecular formula is C23H22FN3O2S. The number of hydrogen-bond acceptors (Lipinski definition) is 4. The zero-order valence-electron chi connectivity index (χ0n) is 16.9. The number of carbonyl (C=O) groups is 2. The minimum absolute atomic E-state index is 0.137. The van der Waals surface area contributed by atoms with Crippen molar-refractivity contribution in [2.24, 2.45) is 0 Å². The third kappa shape index (κ3) is 4.99. The summed E-state index contributed by atoms with van der Waals surface area (Å²) in [5.41, 5.74) is 2.46. The van der Waals surface area contributed by atoms with Crippen LogP contribution in [0.5, 0.6) is 0 Å². The fourth-order valence-corrected chi connectivity index (χ4v) is 3.79. The summed E-state index contributed by atoms with van der Waals surface area (Å²) >= 11 is 1.20. The molecular weight excluding hydrogens is 401 g/mol. The molecule has 0 spiro atoms. The molecule has 2 amide bonds. The molecule has 7 heteroatoms. The van der Waals surface area contributed by atoms with Gasteiger partial charge in [-0.3, -0.25) is 14.5 Å². The number of nitrogens with one attached hydrogen (secondary N) is 1. The molecule has 0 radical (unpaired) electrons. The first-order valence-electron chi connectivity index (χ1n) is 9.45. The molecule has 3 aromatic rings. The van der Waals surface area contributed by atoms with E-state index in [4.69, 9.17) is 0 Å². The zero-order valence-corrected chi connectivity index (χ0v) is 17.7. The lowest BCUT2D eigenvalue weighted by atomic mass is 10.0. The predicted molar refractivity (Wildman–Crippen MR) is 120 cm³/mol. The van der Waals surface area contributed by atoms with Gasteiger partial charge in [-0.2, -0.15) is 0 Å². The van der Waals surface area contributed by atoms with Gasteiger partial charge in [-0.25, -0.2) is 9.37 Å². The van der Waals surface area contributed by atoms with E-state index in [1.54, 1.807) is 23.6 Å². The van der Waals surface area contributed by atoms with Crippen molar-refractivity contribution in [1.29, 1.82) is 0 Å². The van der Waals surface area contributed by atoms with Crippen molar-refractivity contribution in [3.63, 3.8) is 0 Å². The molecule has 0 aliphatic heterocycles. The van der Waals surface area contributed by atoms with Crippen molar-refractivity contribution < 1.29 is 14.0 Å². The number of amides is 2. The van der Waals surface area contributed by atoms with Crippen molar-refractivity contribution in [2.75, 3.05) is 10.2 Å². The Morgan fingerprint density at radius 1 is 1.13 bits per heavy atom. The first-order chi connectivity index (χ1) is 14.4. The van der Waals surface area contributed by atoms with Crippen LogP contribution in [0.25, 0.3) is 6.08 Å². The van der Waals surface area contributed by atoms with Gasteiger partial charge in [0.15, 0.2) is 5.13 Å². The van der Waals surface area contributed by atoms with E-state index in [9.17, 15) is 14.0 Å². The molecule has 2 aromatic carbocycles. The molecule has 0 bridgehead atoms. The van der Waals surface area contributed by atoms with Gasteiger partial charge >= 0.3 is 0 Å². The normalized spacial score (nSPS) is 11.1. The van der Waals surface area contributed by atoms with Gasteiger partial charge < -0.3 is 5.32 Å². The Balaban J connectivity index is 1.76. The summed E-state index contributed by atoms with van der Waals surface area (Å²) in [6.45, 7) is 5.48. The number of halogens is 1. The quantitative estimate of drug-likeness (QED) is 0.514. The number of benzene rings is 2. The van der Waals surface area contributed by atoms with Crippen molar-refractivity contribution in [3.8, 4) is 0 Å². The smallest absolute Gasteiger partial charge is 0.248 e. The van der Waals surface area contributed by atoms with Crippen LogP contribution in [0.3, 0.4) is 0 Å². The first kappa shape index (κ1) is 21.4. The Kier molecular flexibility index (Phi) is 6.74.